The van der Waals surface area contributed by atoms with Gasteiger partial charge in [-0.1, -0.05) is 12.1 Å². The van der Waals surface area contributed by atoms with Crippen molar-refractivity contribution in [3.05, 3.63) is 29.8 Å². The number of carboxylic acid groups (broad SMARTS) is 2. The van der Waals surface area contributed by atoms with E-state index >= 15 is 0 Å². The number of nitrogens with zero attached hydrogens (tertiary/aromatic N) is 2. The molecule has 0 radical (unpaired) electrons. The van der Waals surface area contributed by atoms with Gasteiger partial charge in [0.1, 0.15) is 5.84 Å². The lowest BCUT2D eigenvalue weighted by molar-refractivity contribution is -0.148. The molecule has 0 amide bonds. The maximum atomic E-state index is 11.6. The summed E-state index contributed by atoms with van der Waals surface area (Å²) in [6, 6.07) is 7.52. The number of amidine groups is 1. The van der Waals surface area contributed by atoms with Gasteiger partial charge in [-0.25, -0.2) is 0 Å². The van der Waals surface area contributed by atoms with Crippen LogP contribution in [0.2, 0.25) is 0 Å². The summed E-state index contributed by atoms with van der Waals surface area (Å²) in [5.74, 6) is -2.20. The van der Waals surface area contributed by atoms with Gasteiger partial charge < -0.3 is 20.4 Å². The molecule has 0 bridgehead atoms. The first-order chi connectivity index (χ1) is 12.0. The Kier molecular flexibility index (Phi) is 4.92. The lowest BCUT2D eigenvalue weighted by Gasteiger charge is -2.33. The highest BCUT2D eigenvalue weighted by Gasteiger charge is 2.38. The Morgan fingerprint density at radius 2 is 2.04 bits per heavy atom. The number of carbonyl (C=O) groups is 2. The molecule has 1 aromatic rings. The van der Waals surface area contributed by atoms with E-state index in [1.807, 2.05) is 31.3 Å². The molecule has 3 rings (SSSR count). The third-order valence-electron chi connectivity index (χ3n) is 5.05. The largest absolute Gasteiger partial charge is 0.481 e. The standard InChI is InChI=1S/C18H23N3O4/c1-21-8-7-19-16(21)11-3-2-4-13(9-11)20-15-6-5-12(17(22)23)10-14(15)18(24)25/h2-4,9,12,14-15,20H,5-8,10H2,1H3,(H,22,23)(H,24,25). The third kappa shape index (κ3) is 3.75. The van der Waals surface area contributed by atoms with Gasteiger partial charge in [-0.05, 0) is 31.4 Å². The average Bonchev–Trinajstić information content (AvgIpc) is 3.01. The molecule has 7 heteroatoms. The molecule has 25 heavy (non-hydrogen) atoms. The van der Waals surface area contributed by atoms with Crippen molar-refractivity contribution in [3.8, 4) is 0 Å². The molecule has 1 aliphatic heterocycles. The summed E-state index contributed by atoms with van der Waals surface area (Å²) in [5.41, 5.74) is 1.83. The molecular formula is C18H23N3O4. The van der Waals surface area contributed by atoms with E-state index in [2.05, 4.69) is 15.2 Å². The molecule has 3 unspecified atom stereocenters. The average molecular weight is 345 g/mol. The summed E-state index contributed by atoms with van der Waals surface area (Å²) >= 11 is 0. The van der Waals surface area contributed by atoms with Gasteiger partial charge in [-0.2, -0.15) is 0 Å². The number of aliphatic imine (C=N–C) groups is 1. The molecule has 0 aromatic heterocycles. The van der Waals surface area contributed by atoms with Crippen molar-refractivity contribution < 1.29 is 19.8 Å². The van der Waals surface area contributed by atoms with Gasteiger partial charge >= 0.3 is 11.9 Å². The van der Waals surface area contributed by atoms with Crippen LogP contribution in [0.4, 0.5) is 5.69 Å². The fraction of sp³-hybridized carbons (Fsp3) is 0.500. The van der Waals surface area contributed by atoms with Crippen molar-refractivity contribution in [1.82, 2.24) is 4.90 Å². The number of nitrogens with one attached hydrogen (secondary N) is 1. The molecule has 7 nitrogen and oxygen atoms in total. The minimum atomic E-state index is -0.945. The number of aliphatic carboxylic acids is 2. The number of rotatable bonds is 5. The van der Waals surface area contributed by atoms with E-state index in [-0.39, 0.29) is 12.5 Å². The lowest BCUT2D eigenvalue weighted by atomic mass is 9.78. The topological polar surface area (TPSA) is 102 Å². The van der Waals surface area contributed by atoms with Crippen LogP contribution in [0, 0.1) is 11.8 Å². The maximum Gasteiger partial charge on any atom is 0.308 e. The number of benzene rings is 1. The summed E-state index contributed by atoms with van der Waals surface area (Å²) in [7, 11) is 2.00. The second kappa shape index (κ2) is 7.13. The van der Waals surface area contributed by atoms with Crippen LogP contribution < -0.4 is 5.32 Å². The molecule has 134 valence electrons. The predicted octanol–water partition coefficient (Wildman–Crippen LogP) is 1.74. The summed E-state index contributed by atoms with van der Waals surface area (Å²) < 4.78 is 0. The SMILES string of the molecule is CN1CCN=C1c1cccc(NC2CCC(C(=O)O)CC2C(=O)O)c1. The van der Waals surface area contributed by atoms with Crippen molar-refractivity contribution in [2.45, 2.75) is 25.3 Å². The number of hydrogen-bond acceptors (Lipinski definition) is 5. The van der Waals surface area contributed by atoms with Gasteiger partial charge in [0.15, 0.2) is 0 Å². The van der Waals surface area contributed by atoms with Crippen LogP contribution in [-0.2, 0) is 9.59 Å². The normalized spacial score (nSPS) is 26.2. The van der Waals surface area contributed by atoms with Crippen molar-refractivity contribution in [1.29, 1.82) is 0 Å². The third-order valence-corrected chi connectivity index (χ3v) is 5.05. The molecule has 1 fully saturated rings. The highest BCUT2D eigenvalue weighted by atomic mass is 16.4. The van der Waals surface area contributed by atoms with Gasteiger partial charge in [0, 0.05) is 30.9 Å². The Morgan fingerprint density at radius 3 is 2.68 bits per heavy atom. The first kappa shape index (κ1) is 17.3. The van der Waals surface area contributed by atoms with Crippen LogP contribution >= 0.6 is 0 Å². The molecule has 0 spiro atoms. The summed E-state index contributed by atoms with van der Waals surface area (Å²) in [6.45, 7) is 1.68. The number of carboxylic acids is 2. The van der Waals surface area contributed by atoms with Crippen LogP contribution in [0.25, 0.3) is 0 Å². The van der Waals surface area contributed by atoms with E-state index in [0.29, 0.717) is 12.8 Å². The molecule has 3 atom stereocenters. The highest BCUT2D eigenvalue weighted by Crippen LogP contribution is 2.32. The number of anilines is 1. The molecular weight excluding hydrogens is 322 g/mol. The van der Waals surface area contributed by atoms with E-state index in [4.69, 9.17) is 5.11 Å². The van der Waals surface area contributed by atoms with Crippen molar-refractivity contribution in [2.24, 2.45) is 16.8 Å². The molecule has 1 aliphatic carbocycles. The quantitative estimate of drug-likeness (QED) is 0.751. The van der Waals surface area contributed by atoms with E-state index < -0.39 is 23.8 Å². The first-order valence-corrected chi connectivity index (χ1v) is 8.54. The fourth-order valence-corrected chi connectivity index (χ4v) is 3.65. The molecule has 2 aliphatic rings. The second-order valence-electron chi connectivity index (χ2n) is 6.75. The monoisotopic (exact) mass is 345 g/mol. The minimum absolute atomic E-state index is 0.164. The van der Waals surface area contributed by atoms with Crippen LogP contribution in [0.5, 0.6) is 0 Å². The fourth-order valence-electron chi connectivity index (χ4n) is 3.65. The Morgan fingerprint density at radius 1 is 1.24 bits per heavy atom. The zero-order chi connectivity index (χ0) is 18.0. The maximum absolute atomic E-state index is 11.6. The molecule has 1 saturated carbocycles. The Hall–Kier alpha value is -2.57. The first-order valence-electron chi connectivity index (χ1n) is 8.54. The van der Waals surface area contributed by atoms with Gasteiger partial charge in [0.25, 0.3) is 0 Å². The zero-order valence-corrected chi connectivity index (χ0v) is 14.2. The predicted molar refractivity (Wildman–Crippen MR) is 94.0 cm³/mol. The minimum Gasteiger partial charge on any atom is -0.481 e. The van der Waals surface area contributed by atoms with Gasteiger partial charge in [-0.3, -0.25) is 14.6 Å². The molecule has 0 saturated heterocycles. The van der Waals surface area contributed by atoms with Gasteiger partial charge in [0.2, 0.25) is 0 Å². The Balaban J connectivity index is 1.75. The molecule has 3 N–H and O–H groups in total. The van der Waals surface area contributed by atoms with Gasteiger partial charge in [-0.15, -0.1) is 0 Å². The zero-order valence-electron chi connectivity index (χ0n) is 14.2. The van der Waals surface area contributed by atoms with Crippen LogP contribution in [0.3, 0.4) is 0 Å². The smallest absolute Gasteiger partial charge is 0.308 e. The summed E-state index contributed by atoms with van der Waals surface area (Å²) in [4.78, 5) is 29.4. The van der Waals surface area contributed by atoms with Gasteiger partial charge in [0.05, 0.1) is 18.4 Å². The van der Waals surface area contributed by atoms with Crippen molar-refractivity contribution in [3.63, 3.8) is 0 Å². The molecule has 1 heterocycles. The second-order valence-corrected chi connectivity index (χ2v) is 6.75. The van der Waals surface area contributed by atoms with Crippen LogP contribution in [0.15, 0.2) is 29.3 Å². The number of hydrogen-bond donors (Lipinski definition) is 3. The number of likely N-dealkylation sites (N-methyl/N-ethyl adjacent to an activating group) is 1. The van der Waals surface area contributed by atoms with Crippen LogP contribution in [0.1, 0.15) is 24.8 Å². The van der Waals surface area contributed by atoms with Crippen LogP contribution in [-0.4, -0.2) is 59.1 Å². The Labute approximate surface area is 146 Å². The van der Waals surface area contributed by atoms with E-state index in [0.717, 1.165) is 30.2 Å². The summed E-state index contributed by atoms with van der Waals surface area (Å²) in [6.07, 6.45) is 1.18. The van der Waals surface area contributed by atoms with E-state index in [1.54, 1.807) is 0 Å². The van der Waals surface area contributed by atoms with E-state index in [9.17, 15) is 14.7 Å². The Bertz CT molecular complexity index is 703. The highest BCUT2D eigenvalue weighted by molar-refractivity contribution is 6.00. The lowest BCUT2D eigenvalue weighted by Crippen LogP contribution is -2.41. The van der Waals surface area contributed by atoms with E-state index in [1.165, 1.54) is 0 Å². The summed E-state index contributed by atoms with van der Waals surface area (Å²) in [5, 5.41) is 22.0. The van der Waals surface area contributed by atoms with Crippen molar-refractivity contribution in [2.75, 3.05) is 25.5 Å². The molecule has 1 aromatic carbocycles. The van der Waals surface area contributed by atoms with Crippen molar-refractivity contribution >= 4 is 23.5 Å².